The average molecular weight is 495 g/mol. The molecule has 1 N–H and O–H groups in total. The van der Waals surface area contributed by atoms with Gasteiger partial charge in [0.1, 0.15) is 5.75 Å². The van der Waals surface area contributed by atoms with Gasteiger partial charge in [-0.25, -0.2) is 4.98 Å². The number of nitro benzene ring substituents is 1. The summed E-state index contributed by atoms with van der Waals surface area (Å²) >= 11 is 1.40. The number of rotatable bonds is 7. The molecule has 1 atom stereocenters. The molecule has 1 aliphatic heterocycles. The van der Waals surface area contributed by atoms with Gasteiger partial charge in [0, 0.05) is 50.4 Å². The van der Waals surface area contributed by atoms with Gasteiger partial charge in [0.15, 0.2) is 5.82 Å². The molecular formula is C24H26N6O4S. The summed E-state index contributed by atoms with van der Waals surface area (Å²) in [6, 6.07) is 14.3. The van der Waals surface area contributed by atoms with Crippen LogP contribution in [-0.2, 0) is 6.42 Å². The number of nitrogens with zero attached hydrogens (tertiary/aromatic N) is 6. The van der Waals surface area contributed by atoms with Gasteiger partial charge >= 0.3 is 0 Å². The van der Waals surface area contributed by atoms with E-state index in [0.29, 0.717) is 17.2 Å². The van der Waals surface area contributed by atoms with Crippen molar-refractivity contribution >= 4 is 27.7 Å². The number of benzene rings is 2. The Hall–Kier alpha value is -3.70. The number of aromatic hydroxyl groups is 1. The van der Waals surface area contributed by atoms with Crippen molar-refractivity contribution in [1.29, 1.82) is 0 Å². The second-order valence-electron chi connectivity index (χ2n) is 8.34. The number of aromatic nitrogens is 3. The van der Waals surface area contributed by atoms with Crippen LogP contribution >= 0.6 is 11.3 Å². The highest BCUT2D eigenvalue weighted by Gasteiger charge is 2.32. The maximum Gasteiger partial charge on any atom is 0.269 e. The van der Waals surface area contributed by atoms with Crippen molar-refractivity contribution in [2.45, 2.75) is 19.4 Å². The van der Waals surface area contributed by atoms with Crippen LogP contribution in [0.4, 0.5) is 11.4 Å². The Labute approximate surface area is 206 Å². The molecule has 0 bridgehead atoms. The van der Waals surface area contributed by atoms with E-state index in [4.69, 9.17) is 4.74 Å². The van der Waals surface area contributed by atoms with E-state index in [0.717, 1.165) is 48.1 Å². The third-order valence-electron chi connectivity index (χ3n) is 6.34. The number of aryl methyl sites for hydroxylation is 1. The van der Waals surface area contributed by atoms with Crippen molar-refractivity contribution < 1.29 is 14.8 Å². The molecule has 0 unspecified atom stereocenters. The first-order chi connectivity index (χ1) is 17.0. The summed E-state index contributed by atoms with van der Waals surface area (Å²) in [6.07, 6.45) is 0.683. The number of anilines is 1. The second kappa shape index (κ2) is 9.51. The Balaban J connectivity index is 1.45. The fraction of sp³-hybridized carbons (Fsp3) is 0.333. The van der Waals surface area contributed by atoms with E-state index in [2.05, 4.69) is 32.0 Å². The molecule has 5 rings (SSSR count). The Kier molecular flexibility index (Phi) is 6.27. The molecule has 0 amide bonds. The number of methoxy groups -OCH3 is 1. The lowest BCUT2D eigenvalue weighted by atomic mass is 10.0. The number of fused-ring (bicyclic) bond motifs is 1. The normalized spacial score (nSPS) is 15.4. The third kappa shape index (κ3) is 4.40. The fourth-order valence-corrected chi connectivity index (χ4v) is 5.59. The summed E-state index contributed by atoms with van der Waals surface area (Å²) < 4.78 is 6.76. The topological polar surface area (TPSA) is 109 Å². The van der Waals surface area contributed by atoms with E-state index in [1.165, 1.54) is 28.0 Å². The van der Waals surface area contributed by atoms with Gasteiger partial charge in [-0.05, 0) is 29.8 Å². The second-order valence-corrected chi connectivity index (χ2v) is 9.35. The summed E-state index contributed by atoms with van der Waals surface area (Å²) in [4.78, 5) is 21.3. The number of nitro groups is 1. The number of thiazole rings is 1. The molecule has 0 aliphatic carbocycles. The maximum absolute atomic E-state index is 11.2. The van der Waals surface area contributed by atoms with Gasteiger partial charge < -0.3 is 14.7 Å². The summed E-state index contributed by atoms with van der Waals surface area (Å²) in [6.45, 7) is 5.08. The summed E-state index contributed by atoms with van der Waals surface area (Å²) in [5, 5.41) is 26.7. The van der Waals surface area contributed by atoms with E-state index >= 15 is 0 Å². The van der Waals surface area contributed by atoms with Crippen LogP contribution in [0.15, 0.2) is 48.5 Å². The molecule has 1 saturated heterocycles. The van der Waals surface area contributed by atoms with Gasteiger partial charge in [0.25, 0.3) is 5.69 Å². The first kappa shape index (κ1) is 23.1. The number of piperazine rings is 1. The Morgan fingerprint density at radius 3 is 2.37 bits per heavy atom. The predicted octanol–water partition coefficient (Wildman–Crippen LogP) is 3.89. The first-order valence-corrected chi connectivity index (χ1v) is 12.2. The third-order valence-corrected chi connectivity index (χ3v) is 7.42. The summed E-state index contributed by atoms with van der Waals surface area (Å²) in [7, 11) is 1.65. The van der Waals surface area contributed by atoms with Crippen LogP contribution < -0.4 is 9.64 Å². The smallest absolute Gasteiger partial charge is 0.269 e. The van der Waals surface area contributed by atoms with Crippen LogP contribution in [0, 0.1) is 10.1 Å². The van der Waals surface area contributed by atoms with Crippen molar-refractivity contribution in [2.24, 2.45) is 0 Å². The van der Waals surface area contributed by atoms with Crippen molar-refractivity contribution in [3.8, 4) is 11.6 Å². The van der Waals surface area contributed by atoms with Gasteiger partial charge in [-0.2, -0.15) is 4.52 Å². The highest BCUT2D eigenvalue weighted by Crippen LogP contribution is 2.41. The average Bonchev–Trinajstić information content (AvgIpc) is 3.44. The van der Waals surface area contributed by atoms with E-state index < -0.39 is 4.92 Å². The minimum absolute atomic E-state index is 0.0382. The van der Waals surface area contributed by atoms with Crippen molar-refractivity contribution in [3.05, 3.63) is 74.9 Å². The molecule has 4 aromatic rings. The minimum atomic E-state index is -0.403. The van der Waals surface area contributed by atoms with Gasteiger partial charge in [-0.1, -0.05) is 30.4 Å². The molecule has 0 spiro atoms. The van der Waals surface area contributed by atoms with Gasteiger partial charge in [0.05, 0.1) is 23.0 Å². The van der Waals surface area contributed by atoms with Gasteiger partial charge in [-0.15, -0.1) is 5.10 Å². The van der Waals surface area contributed by atoms with Gasteiger partial charge in [0.2, 0.25) is 10.8 Å². The molecule has 11 heteroatoms. The Morgan fingerprint density at radius 2 is 1.80 bits per heavy atom. The maximum atomic E-state index is 11.2. The van der Waals surface area contributed by atoms with Crippen molar-refractivity contribution in [3.63, 3.8) is 0 Å². The monoisotopic (exact) mass is 494 g/mol. The summed E-state index contributed by atoms with van der Waals surface area (Å²) in [5.74, 6) is 1.57. The highest BCUT2D eigenvalue weighted by molar-refractivity contribution is 7.17. The van der Waals surface area contributed by atoms with E-state index in [1.807, 2.05) is 19.1 Å². The number of non-ortho nitro benzene ring substituents is 1. The van der Waals surface area contributed by atoms with Crippen LogP contribution in [0.2, 0.25) is 0 Å². The molecule has 2 aromatic carbocycles. The molecule has 0 radical (unpaired) electrons. The molecule has 2 aromatic heterocycles. The lowest BCUT2D eigenvalue weighted by Gasteiger charge is -2.40. The Morgan fingerprint density at radius 1 is 1.11 bits per heavy atom. The van der Waals surface area contributed by atoms with Crippen LogP contribution in [0.25, 0.3) is 4.96 Å². The molecule has 3 heterocycles. The largest absolute Gasteiger partial charge is 0.497 e. The van der Waals surface area contributed by atoms with E-state index in [-0.39, 0.29) is 17.6 Å². The lowest BCUT2D eigenvalue weighted by Crippen LogP contribution is -2.47. The van der Waals surface area contributed by atoms with Crippen molar-refractivity contribution in [1.82, 2.24) is 19.5 Å². The predicted molar refractivity (Wildman–Crippen MR) is 134 cm³/mol. The quantitative estimate of drug-likeness (QED) is 0.304. The number of hydrogen-bond donors (Lipinski definition) is 1. The highest BCUT2D eigenvalue weighted by atomic mass is 32.1. The molecule has 10 nitrogen and oxygen atoms in total. The van der Waals surface area contributed by atoms with Crippen LogP contribution in [0.5, 0.6) is 11.6 Å². The molecule has 1 fully saturated rings. The standard InChI is InChI=1S/C24H26N6O4S/c1-3-20-25-24-29(26-20)23(31)22(35-24)21(16-4-6-18(7-5-16)30(32)33)28-14-12-27(13-15-28)17-8-10-19(34-2)11-9-17/h4-11,21,31H,3,12-15H2,1-2H3/t21-/m1/s1. The molecule has 1 aliphatic rings. The number of hydrogen-bond acceptors (Lipinski definition) is 9. The minimum Gasteiger partial charge on any atom is -0.497 e. The van der Waals surface area contributed by atoms with Gasteiger partial charge in [-0.3, -0.25) is 15.0 Å². The Bertz CT molecular complexity index is 1330. The molecule has 182 valence electrons. The molecule has 35 heavy (non-hydrogen) atoms. The zero-order chi connectivity index (χ0) is 24.5. The van der Waals surface area contributed by atoms with E-state index in [9.17, 15) is 15.2 Å². The van der Waals surface area contributed by atoms with E-state index in [1.54, 1.807) is 19.2 Å². The fourth-order valence-electron chi connectivity index (χ4n) is 4.46. The van der Waals surface area contributed by atoms with Crippen LogP contribution in [0.3, 0.4) is 0 Å². The zero-order valence-electron chi connectivity index (χ0n) is 19.5. The molecular weight excluding hydrogens is 468 g/mol. The first-order valence-electron chi connectivity index (χ1n) is 11.4. The zero-order valence-corrected chi connectivity index (χ0v) is 20.3. The van der Waals surface area contributed by atoms with Crippen LogP contribution in [0.1, 0.15) is 29.2 Å². The molecule has 0 saturated carbocycles. The summed E-state index contributed by atoms with van der Waals surface area (Å²) in [5.41, 5.74) is 2.05. The number of ether oxygens (including phenoxy) is 1. The van der Waals surface area contributed by atoms with Crippen LogP contribution in [-0.4, -0.2) is 62.8 Å². The lowest BCUT2D eigenvalue weighted by molar-refractivity contribution is -0.384. The van der Waals surface area contributed by atoms with Crippen molar-refractivity contribution in [2.75, 3.05) is 38.2 Å². The SMILES string of the molecule is CCc1nc2sc([C@@H](c3ccc([N+](=O)[O-])cc3)N3CCN(c4ccc(OC)cc4)CC3)c(O)n2n1.